The smallest absolute Gasteiger partial charge is 0.443 e. The average Bonchev–Trinajstić information content (AvgIpc) is 2.61. The van der Waals surface area contributed by atoms with Crippen molar-refractivity contribution in [3.63, 3.8) is 0 Å². The number of aryl methyl sites for hydroxylation is 1. The van der Waals surface area contributed by atoms with Crippen molar-refractivity contribution in [2.45, 2.75) is 13.3 Å². The third kappa shape index (κ3) is 5.97. The Morgan fingerprint density at radius 1 is 1.04 bits per heavy atom. The fraction of sp³-hybridized carbons (Fsp3) is 0.150. The summed E-state index contributed by atoms with van der Waals surface area (Å²) in [7, 11) is 1.58. The summed E-state index contributed by atoms with van der Waals surface area (Å²) in [5, 5.41) is 0.942. The van der Waals surface area contributed by atoms with Crippen LogP contribution in [0.2, 0.25) is 0 Å². The minimum absolute atomic E-state index is 0. The quantitative estimate of drug-likeness (QED) is 0.331. The SMILES string of the molecule is CCc1ccc(-c2cc(C=O)c3nc([CH-]OC)ccc3c2)cc1.[Rb+].[Rb+]. The van der Waals surface area contributed by atoms with Crippen LogP contribution < -0.4 is 116 Å². The number of aromatic nitrogens is 1. The van der Waals surface area contributed by atoms with Crippen molar-refractivity contribution in [2.75, 3.05) is 7.11 Å². The first-order valence-electron chi connectivity index (χ1n) is 7.60. The van der Waals surface area contributed by atoms with E-state index in [-0.39, 0.29) is 116 Å². The molecule has 3 aromatic rings. The molecule has 0 N–H and O–H groups in total. The predicted molar refractivity (Wildman–Crippen MR) is 92.4 cm³/mol. The molecule has 0 aliphatic carbocycles. The molecule has 0 atom stereocenters. The van der Waals surface area contributed by atoms with Crippen molar-refractivity contribution in [3.05, 3.63) is 72.0 Å². The van der Waals surface area contributed by atoms with E-state index in [0.29, 0.717) is 16.8 Å². The Labute approximate surface area is 246 Å². The van der Waals surface area contributed by atoms with E-state index in [9.17, 15) is 4.79 Å². The molecule has 1 heterocycles. The molecule has 0 bridgehead atoms. The maximum absolute atomic E-state index is 11.5. The third-order valence-electron chi connectivity index (χ3n) is 3.90. The van der Waals surface area contributed by atoms with Gasteiger partial charge in [-0.15, -0.1) is 6.07 Å². The van der Waals surface area contributed by atoms with E-state index in [1.807, 2.05) is 18.2 Å². The number of hydrogen-bond donors (Lipinski definition) is 0. The summed E-state index contributed by atoms with van der Waals surface area (Å²) in [5.41, 5.74) is 5.39. The van der Waals surface area contributed by atoms with E-state index >= 15 is 0 Å². The second kappa shape index (κ2) is 11.7. The number of ether oxygens (including phenoxy) is 1. The summed E-state index contributed by atoms with van der Waals surface area (Å²) in [6.07, 6.45) is 1.87. The Bertz CT molecular complexity index is 848. The Morgan fingerprint density at radius 2 is 1.76 bits per heavy atom. The number of aldehydes is 1. The zero-order valence-electron chi connectivity index (χ0n) is 15.2. The molecule has 2 aromatic carbocycles. The Kier molecular flexibility index (Phi) is 11.3. The molecule has 3 nitrogen and oxygen atoms in total. The molecule has 0 saturated heterocycles. The second-order valence-electron chi connectivity index (χ2n) is 5.40. The van der Waals surface area contributed by atoms with E-state index in [2.05, 4.69) is 42.2 Å². The summed E-state index contributed by atoms with van der Waals surface area (Å²) in [4.78, 5) is 16.0. The standard InChI is InChI=1S/C20H18NO2.2Rb/c1-3-14-4-6-15(7-5-14)17-10-16-8-9-19(13-23-2)21-20(16)18(11-17)12-22;;/h4-13H,3H2,1-2H3;;/q-1;2*+1. The molecule has 0 unspecified atom stereocenters. The largest absolute Gasteiger partial charge is 1.00 e. The summed E-state index contributed by atoms with van der Waals surface area (Å²) in [6.45, 7) is 3.70. The summed E-state index contributed by atoms with van der Waals surface area (Å²) in [6, 6.07) is 16.2. The molecule has 3 rings (SSSR count). The number of nitrogens with zero attached hydrogens (tertiary/aromatic N) is 1. The van der Waals surface area contributed by atoms with Gasteiger partial charge in [-0.3, -0.25) is 9.78 Å². The van der Waals surface area contributed by atoms with Crippen molar-refractivity contribution >= 4 is 17.2 Å². The van der Waals surface area contributed by atoms with E-state index in [4.69, 9.17) is 4.74 Å². The summed E-state index contributed by atoms with van der Waals surface area (Å²) >= 11 is 0. The molecule has 0 amide bonds. The second-order valence-corrected chi connectivity index (χ2v) is 5.40. The van der Waals surface area contributed by atoms with Crippen molar-refractivity contribution in [1.82, 2.24) is 4.98 Å². The van der Waals surface area contributed by atoms with Gasteiger partial charge in [0.1, 0.15) is 0 Å². The normalized spacial score (nSPS) is 9.84. The van der Waals surface area contributed by atoms with Crippen LogP contribution in [-0.4, -0.2) is 18.4 Å². The first kappa shape index (κ1) is 24.0. The third-order valence-corrected chi connectivity index (χ3v) is 3.90. The van der Waals surface area contributed by atoms with Gasteiger partial charge < -0.3 is 4.74 Å². The minimum Gasteiger partial charge on any atom is -0.443 e. The molecule has 0 spiro atoms. The molecule has 0 saturated carbocycles. The fourth-order valence-corrected chi connectivity index (χ4v) is 2.65. The first-order chi connectivity index (χ1) is 11.2. The van der Waals surface area contributed by atoms with Crippen molar-refractivity contribution in [3.8, 4) is 11.1 Å². The Morgan fingerprint density at radius 3 is 2.36 bits per heavy atom. The number of hydrogen-bond acceptors (Lipinski definition) is 3. The molecule has 0 aliphatic heterocycles. The fourth-order valence-electron chi connectivity index (χ4n) is 2.65. The Balaban J connectivity index is 0.00000156. The zero-order valence-corrected chi connectivity index (χ0v) is 25.1. The van der Waals surface area contributed by atoms with Gasteiger partial charge in [0, 0.05) is 12.7 Å². The molecule has 5 heteroatoms. The molecule has 0 aliphatic rings. The van der Waals surface area contributed by atoms with Gasteiger partial charge in [-0.2, -0.15) is 6.07 Å². The number of methoxy groups -OCH3 is 1. The minimum atomic E-state index is 0. The molecule has 25 heavy (non-hydrogen) atoms. The van der Waals surface area contributed by atoms with E-state index in [1.54, 1.807) is 13.7 Å². The maximum Gasteiger partial charge on any atom is 1.00 e. The monoisotopic (exact) mass is 474 g/mol. The summed E-state index contributed by atoms with van der Waals surface area (Å²) in [5.74, 6) is 0. The van der Waals surface area contributed by atoms with Gasteiger partial charge in [0.2, 0.25) is 0 Å². The molecule has 0 fully saturated rings. The van der Waals surface area contributed by atoms with Crippen molar-refractivity contribution in [2.24, 2.45) is 0 Å². The van der Waals surface area contributed by atoms with Crippen LogP contribution >= 0.6 is 0 Å². The number of carbonyl (C=O) groups excluding carboxylic acids is 1. The van der Waals surface area contributed by atoms with Crippen molar-refractivity contribution < 1.29 is 126 Å². The van der Waals surface area contributed by atoms with E-state index < -0.39 is 0 Å². The topological polar surface area (TPSA) is 39.2 Å². The van der Waals surface area contributed by atoms with Crippen LogP contribution in [0.5, 0.6) is 0 Å². The van der Waals surface area contributed by atoms with Crippen LogP contribution in [0.25, 0.3) is 22.0 Å². The van der Waals surface area contributed by atoms with E-state index in [0.717, 1.165) is 29.2 Å². The van der Waals surface area contributed by atoms with E-state index in [1.165, 1.54) is 5.56 Å². The number of fused-ring (bicyclic) bond motifs is 1. The summed E-state index contributed by atoms with van der Waals surface area (Å²) < 4.78 is 4.99. The number of rotatable bonds is 5. The first-order valence-corrected chi connectivity index (χ1v) is 7.60. The van der Waals surface area contributed by atoms with Crippen molar-refractivity contribution in [1.29, 1.82) is 0 Å². The van der Waals surface area contributed by atoms with Gasteiger partial charge in [0.05, 0.1) is 5.52 Å². The number of benzene rings is 2. The van der Waals surface area contributed by atoms with Gasteiger partial charge in [-0.25, -0.2) is 0 Å². The predicted octanol–water partition coefficient (Wildman–Crippen LogP) is -1.56. The number of pyridine rings is 1. The van der Waals surface area contributed by atoms with Gasteiger partial charge in [-0.05, 0) is 40.6 Å². The number of carbonyl (C=O) groups is 1. The van der Waals surface area contributed by atoms with Crippen LogP contribution in [0.4, 0.5) is 0 Å². The van der Waals surface area contributed by atoms with Gasteiger partial charge >= 0.3 is 116 Å². The van der Waals surface area contributed by atoms with Crippen LogP contribution in [-0.2, 0) is 11.2 Å². The molecule has 1 aromatic heterocycles. The van der Waals surface area contributed by atoms with Gasteiger partial charge in [-0.1, -0.05) is 43.5 Å². The molecular formula is C20H18NO2Rb2+. The molecular weight excluding hydrogens is 457 g/mol. The van der Waals surface area contributed by atoms with Crippen LogP contribution in [0.1, 0.15) is 28.5 Å². The Hall–Kier alpha value is 0.960. The zero-order chi connectivity index (χ0) is 16.2. The average molecular weight is 475 g/mol. The van der Waals surface area contributed by atoms with Gasteiger partial charge in [0.15, 0.2) is 6.29 Å². The van der Waals surface area contributed by atoms with Crippen LogP contribution in [0, 0.1) is 6.61 Å². The van der Waals surface area contributed by atoms with Crippen LogP contribution in [0.15, 0.2) is 48.5 Å². The van der Waals surface area contributed by atoms with Gasteiger partial charge in [0.25, 0.3) is 0 Å². The molecule has 116 valence electrons. The maximum atomic E-state index is 11.5. The van der Waals surface area contributed by atoms with Crippen LogP contribution in [0.3, 0.4) is 0 Å². The molecule has 0 radical (unpaired) electrons.